The van der Waals surface area contributed by atoms with Gasteiger partial charge in [-0.2, -0.15) is 9.61 Å². The highest BCUT2D eigenvalue weighted by Gasteiger charge is 2.14. The Morgan fingerprint density at radius 1 is 1.23 bits per heavy atom. The number of nitrogens with zero attached hydrogens (tertiary/aromatic N) is 5. The summed E-state index contributed by atoms with van der Waals surface area (Å²) in [5, 5.41) is 8.45. The van der Waals surface area contributed by atoms with Crippen molar-refractivity contribution in [1.29, 1.82) is 0 Å². The van der Waals surface area contributed by atoms with Crippen LogP contribution in [0.15, 0.2) is 65.5 Å². The Morgan fingerprint density at radius 2 is 2.00 bits per heavy atom. The van der Waals surface area contributed by atoms with Gasteiger partial charge in [0.15, 0.2) is 5.65 Å². The number of fused-ring (bicyclic) bond motifs is 1. The van der Waals surface area contributed by atoms with Crippen LogP contribution in [0.2, 0.25) is 5.02 Å². The number of pyridine rings is 1. The smallest absolute Gasteiger partial charge is 0.253 e. The summed E-state index contributed by atoms with van der Waals surface area (Å²) in [4.78, 5) is 22.8. The molecule has 0 fully saturated rings. The Kier molecular flexibility index (Phi) is 6.48. The van der Waals surface area contributed by atoms with Gasteiger partial charge in [0.1, 0.15) is 5.82 Å². The van der Waals surface area contributed by atoms with E-state index in [0.717, 1.165) is 28.0 Å². The third kappa shape index (κ3) is 4.70. The third-order valence-electron chi connectivity index (χ3n) is 4.83. The zero-order valence-electron chi connectivity index (χ0n) is 16.8. The Labute approximate surface area is 193 Å². The van der Waals surface area contributed by atoms with Crippen molar-refractivity contribution in [1.82, 2.24) is 24.5 Å². The number of carbonyl (C=O) groups is 1. The molecule has 0 spiro atoms. The first-order valence-electron chi connectivity index (χ1n) is 9.73. The van der Waals surface area contributed by atoms with Crippen molar-refractivity contribution < 1.29 is 4.79 Å². The normalized spacial score (nSPS) is 10.9. The first kappa shape index (κ1) is 21.3. The molecule has 9 heteroatoms. The number of anilines is 1. The predicted octanol–water partition coefficient (Wildman–Crippen LogP) is 4.78. The van der Waals surface area contributed by atoms with E-state index in [2.05, 4.69) is 31.3 Å². The van der Waals surface area contributed by atoms with E-state index in [0.29, 0.717) is 29.3 Å². The lowest BCUT2D eigenvalue weighted by atomic mass is 10.1. The summed E-state index contributed by atoms with van der Waals surface area (Å²) in [5.41, 5.74) is 2.94. The van der Waals surface area contributed by atoms with Crippen molar-refractivity contribution in [2.75, 3.05) is 25.5 Å². The highest BCUT2D eigenvalue weighted by molar-refractivity contribution is 9.10. The summed E-state index contributed by atoms with van der Waals surface area (Å²) in [6, 6.07) is 13.0. The van der Waals surface area contributed by atoms with E-state index in [1.165, 1.54) is 0 Å². The quantitative estimate of drug-likeness (QED) is 0.370. The molecule has 1 N–H and O–H groups in total. The predicted molar refractivity (Wildman–Crippen MR) is 125 cm³/mol. The molecule has 7 nitrogen and oxygen atoms in total. The molecular formula is C22H20BrClN6O. The molecule has 3 heterocycles. The Bertz CT molecular complexity index is 1210. The molecule has 0 bridgehead atoms. The Hall–Kier alpha value is -2.97. The fraction of sp³-hybridized carbons (Fsp3) is 0.182. The fourth-order valence-corrected chi connectivity index (χ4v) is 3.80. The molecule has 4 rings (SSSR count). The van der Waals surface area contributed by atoms with Crippen LogP contribution < -0.4 is 5.32 Å². The zero-order valence-corrected chi connectivity index (χ0v) is 19.1. The van der Waals surface area contributed by atoms with Crippen molar-refractivity contribution in [3.63, 3.8) is 0 Å². The van der Waals surface area contributed by atoms with Gasteiger partial charge in [-0.15, -0.1) is 0 Å². The second-order valence-electron chi connectivity index (χ2n) is 6.98. The van der Waals surface area contributed by atoms with E-state index in [1.807, 2.05) is 30.3 Å². The van der Waals surface area contributed by atoms with Crippen LogP contribution in [0.1, 0.15) is 16.8 Å². The maximum Gasteiger partial charge on any atom is 0.253 e. The van der Waals surface area contributed by atoms with Crippen LogP contribution in [0.5, 0.6) is 0 Å². The standard InChI is InChI=1S/C22H20BrClN6O/c1-29(22(31)15-7-10-25-11-8-15)12-4-9-26-20-13-19(16-5-2-3-6-18(16)24)28-21-17(23)14-27-30(20)21/h2-3,5-8,10-11,13-14,26H,4,9,12H2,1H3. The van der Waals surface area contributed by atoms with E-state index in [1.54, 1.807) is 47.2 Å². The Balaban J connectivity index is 1.47. The van der Waals surface area contributed by atoms with Gasteiger partial charge in [-0.1, -0.05) is 29.8 Å². The maximum atomic E-state index is 12.5. The highest BCUT2D eigenvalue weighted by atomic mass is 79.9. The number of nitrogens with one attached hydrogen (secondary N) is 1. The van der Waals surface area contributed by atoms with Gasteiger partial charge in [0.05, 0.1) is 16.4 Å². The molecule has 0 atom stereocenters. The molecule has 0 aliphatic rings. The first-order valence-corrected chi connectivity index (χ1v) is 10.9. The second kappa shape index (κ2) is 9.45. The van der Waals surface area contributed by atoms with Crippen molar-refractivity contribution in [2.45, 2.75) is 6.42 Å². The van der Waals surface area contributed by atoms with E-state index >= 15 is 0 Å². The highest BCUT2D eigenvalue weighted by Crippen LogP contribution is 2.30. The summed E-state index contributed by atoms with van der Waals surface area (Å²) in [6.07, 6.45) is 5.72. The molecule has 158 valence electrons. The largest absolute Gasteiger partial charge is 0.370 e. The van der Waals surface area contributed by atoms with Crippen LogP contribution in [-0.2, 0) is 0 Å². The molecule has 0 radical (unpaired) electrons. The molecule has 31 heavy (non-hydrogen) atoms. The maximum absolute atomic E-state index is 12.5. The van der Waals surface area contributed by atoms with Crippen LogP contribution in [0.3, 0.4) is 0 Å². The minimum atomic E-state index is -0.0225. The van der Waals surface area contributed by atoms with Gasteiger partial charge in [-0.05, 0) is 40.5 Å². The third-order valence-corrected chi connectivity index (χ3v) is 5.72. The number of hydrogen-bond acceptors (Lipinski definition) is 5. The summed E-state index contributed by atoms with van der Waals surface area (Å²) in [7, 11) is 1.80. The molecule has 3 aromatic heterocycles. The lowest BCUT2D eigenvalue weighted by molar-refractivity contribution is 0.0794. The van der Waals surface area contributed by atoms with Crippen LogP contribution in [0, 0.1) is 0 Å². The molecular weight excluding hydrogens is 480 g/mol. The first-order chi connectivity index (χ1) is 15.0. The monoisotopic (exact) mass is 498 g/mol. The lowest BCUT2D eigenvalue weighted by Crippen LogP contribution is -2.29. The second-order valence-corrected chi connectivity index (χ2v) is 8.24. The molecule has 0 aliphatic carbocycles. The van der Waals surface area contributed by atoms with Crippen molar-refractivity contribution in [2.24, 2.45) is 0 Å². The zero-order chi connectivity index (χ0) is 21.8. The number of benzene rings is 1. The summed E-state index contributed by atoms with van der Waals surface area (Å²) in [6.45, 7) is 1.27. The minimum Gasteiger partial charge on any atom is -0.370 e. The summed E-state index contributed by atoms with van der Waals surface area (Å²) in [5.74, 6) is 0.777. The molecule has 0 aliphatic heterocycles. The van der Waals surface area contributed by atoms with Crippen LogP contribution in [0.25, 0.3) is 16.9 Å². The van der Waals surface area contributed by atoms with E-state index in [9.17, 15) is 4.79 Å². The van der Waals surface area contributed by atoms with Gasteiger partial charge < -0.3 is 10.2 Å². The Morgan fingerprint density at radius 3 is 2.77 bits per heavy atom. The number of hydrogen-bond donors (Lipinski definition) is 1. The van der Waals surface area contributed by atoms with Crippen molar-refractivity contribution in [3.05, 3.63) is 76.1 Å². The topological polar surface area (TPSA) is 75.4 Å². The van der Waals surface area contributed by atoms with Crippen LogP contribution in [-0.4, -0.2) is 50.5 Å². The number of halogens is 2. The summed E-state index contributed by atoms with van der Waals surface area (Å²) >= 11 is 9.89. The van der Waals surface area contributed by atoms with Gasteiger partial charge in [0.25, 0.3) is 5.91 Å². The lowest BCUT2D eigenvalue weighted by Gasteiger charge is -2.17. The van der Waals surface area contributed by atoms with Crippen molar-refractivity contribution in [3.8, 4) is 11.3 Å². The van der Waals surface area contributed by atoms with Gasteiger partial charge >= 0.3 is 0 Å². The molecule has 0 unspecified atom stereocenters. The van der Waals surface area contributed by atoms with Gasteiger partial charge in [0, 0.05) is 54.7 Å². The van der Waals surface area contributed by atoms with Gasteiger partial charge in [-0.3, -0.25) is 9.78 Å². The molecule has 0 saturated carbocycles. The van der Waals surface area contributed by atoms with Gasteiger partial charge in [-0.25, -0.2) is 4.98 Å². The molecule has 1 amide bonds. The van der Waals surface area contributed by atoms with Gasteiger partial charge in [0.2, 0.25) is 0 Å². The van der Waals surface area contributed by atoms with E-state index in [-0.39, 0.29) is 5.91 Å². The van der Waals surface area contributed by atoms with Crippen LogP contribution in [0.4, 0.5) is 5.82 Å². The molecule has 1 aromatic carbocycles. The van der Waals surface area contributed by atoms with Crippen molar-refractivity contribution >= 4 is 44.9 Å². The van der Waals surface area contributed by atoms with E-state index in [4.69, 9.17) is 16.6 Å². The number of carbonyl (C=O) groups excluding carboxylic acids is 1. The van der Waals surface area contributed by atoms with Crippen LogP contribution >= 0.6 is 27.5 Å². The average Bonchev–Trinajstić information content (AvgIpc) is 3.17. The SMILES string of the molecule is CN(CCCNc1cc(-c2ccccc2Cl)nc2c(Br)cnn12)C(=O)c1ccncc1. The molecule has 0 saturated heterocycles. The molecule has 4 aromatic rings. The minimum absolute atomic E-state index is 0.0225. The number of amides is 1. The fourth-order valence-electron chi connectivity index (χ4n) is 3.22. The van der Waals surface area contributed by atoms with E-state index < -0.39 is 0 Å². The summed E-state index contributed by atoms with van der Waals surface area (Å²) < 4.78 is 2.54. The number of aromatic nitrogens is 4. The average molecular weight is 500 g/mol. The number of rotatable bonds is 7.